The van der Waals surface area contributed by atoms with Crippen molar-refractivity contribution in [1.29, 1.82) is 0 Å². The van der Waals surface area contributed by atoms with Crippen molar-refractivity contribution in [1.82, 2.24) is 4.90 Å². The second-order valence-corrected chi connectivity index (χ2v) is 6.66. The molecule has 0 bridgehead atoms. The van der Waals surface area contributed by atoms with Gasteiger partial charge in [-0.05, 0) is 57.2 Å². The van der Waals surface area contributed by atoms with Crippen LogP contribution in [0.25, 0.3) is 0 Å². The van der Waals surface area contributed by atoms with Crippen LogP contribution in [0, 0.1) is 0 Å². The summed E-state index contributed by atoms with van der Waals surface area (Å²) in [7, 11) is 1.54. The Kier molecular flexibility index (Phi) is 9.34. The Hall–Kier alpha value is -3.75. The minimum Gasteiger partial charge on any atom is -0.490 e. The molecule has 2 aromatic carbocycles. The predicted molar refractivity (Wildman–Crippen MR) is 121 cm³/mol. The highest BCUT2D eigenvalue weighted by Gasteiger charge is 2.16. The van der Waals surface area contributed by atoms with E-state index in [0.29, 0.717) is 41.7 Å². The third-order valence-electron chi connectivity index (χ3n) is 4.21. The van der Waals surface area contributed by atoms with E-state index in [-0.39, 0.29) is 25.0 Å². The summed E-state index contributed by atoms with van der Waals surface area (Å²) < 4.78 is 15.9. The average Bonchev–Trinajstić information content (AvgIpc) is 2.76. The molecule has 0 atom stereocenters. The third kappa shape index (κ3) is 7.19. The SMILES string of the molecule is CCOC(=O)Nc1ccc(C(=O)N(C)CC(=O)Nc2ccc(OCC)c(OCC)c2)cc1. The summed E-state index contributed by atoms with van der Waals surface area (Å²) in [6.45, 7) is 6.53. The molecule has 0 radical (unpaired) electrons. The number of nitrogens with zero attached hydrogens (tertiary/aromatic N) is 1. The van der Waals surface area contributed by atoms with E-state index in [1.807, 2.05) is 13.8 Å². The summed E-state index contributed by atoms with van der Waals surface area (Å²) in [5.74, 6) is 0.450. The van der Waals surface area contributed by atoms with E-state index >= 15 is 0 Å². The van der Waals surface area contributed by atoms with Gasteiger partial charge in [0.2, 0.25) is 5.91 Å². The van der Waals surface area contributed by atoms with Crippen molar-refractivity contribution in [2.24, 2.45) is 0 Å². The van der Waals surface area contributed by atoms with Gasteiger partial charge in [0.05, 0.1) is 26.4 Å². The predicted octanol–water partition coefficient (Wildman–Crippen LogP) is 3.76. The summed E-state index contributed by atoms with van der Waals surface area (Å²) in [6.07, 6.45) is -0.567. The van der Waals surface area contributed by atoms with Gasteiger partial charge < -0.3 is 24.4 Å². The molecule has 9 nitrogen and oxygen atoms in total. The minimum atomic E-state index is -0.567. The molecule has 2 N–H and O–H groups in total. The lowest BCUT2D eigenvalue weighted by atomic mass is 10.2. The molecule has 0 heterocycles. The first kappa shape index (κ1) is 24.5. The number of likely N-dealkylation sites (N-methyl/N-ethyl adjacent to an activating group) is 1. The quantitative estimate of drug-likeness (QED) is 0.579. The van der Waals surface area contributed by atoms with Crippen LogP contribution >= 0.6 is 0 Å². The maximum Gasteiger partial charge on any atom is 0.411 e. The first-order valence-corrected chi connectivity index (χ1v) is 10.4. The Bertz CT molecular complexity index is 930. The van der Waals surface area contributed by atoms with Crippen LogP contribution in [0.5, 0.6) is 11.5 Å². The maximum absolute atomic E-state index is 12.6. The highest BCUT2D eigenvalue weighted by atomic mass is 16.5. The smallest absolute Gasteiger partial charge is 0.411 e. The van der Waals surface area contributed by atoms with Crippen LogP contribution in [-0.2, 0) is 9.53 Å². The first-order valence-electron chi connectivity index (χ1n) is 10.4. The fraction of sp³-hybridized carbons (Fsp3) is 0.348. The molecule has 0 fully saturated rings. The van der Waals surface area contributed by atoms with Gasteiger partial charge in [0.15, 0.2) is 11.5 Å². The standard InChI is InChI=1S/C23H29N3O6/c1-5-30-19-13-12-18(14-20(19)31-6-2)24-21(27)15-26(4)22(28)16-8-10-17(11-9-16)25-23(29)32-7-3/h8-14H,5-7,15H2,1-4H3,(H,24,27)(H,25,29). The Labute approximate surface area is 187 Å². The highest BCUT2D eigenvalue weighted by Crippen LogP contribution is 2.30. The zero-order valence-corrected chi connectivity index (χ0v) is 18.8. The average molecular weight is 444 g/mol. The minimum absolute atomic E-state index is 0.140. The second kappa shape index (κ2) is 12.2. The monoisotopic (exact) mass is 443 g/mol. The molecule has 0 aliphatic carbocycles. The normalized spacial score (nSPS) is 10.1. The lowest BCUT2D eigenvalue weighted by Crippen LogP contribution is -2.34. The van der Waals surface area contributed by atoms with Crippen LogP contribution in [0.15, 0.2) is 42.5 Å². The summed E-state index contributed by atoms with van der Waals surface area (Å²) in [6, 6.07) is 11.4. The number of rotatable bonds is 10. The summed E-state index contributed by atoms with van der Waals surface area (Å²) in [5.41, 5.74) is 1.42. The van der Waals surface area contributed by atoms with E-state index < -0.39 is 6.09 Å². The van der Waals surface area contributed by atoms with E-state index in [1.54, 1.807) is 49.4 Å². The van der Waals surface area contributed by atoms with Gasteiger partial charge in [-0.15, -0.1) is 0 Å². The van der Waals surface area contributed by atoms with Gasteiger partial charge in [0.25, 0.3) is 5.91 Å². The highest BCUT2D eigenvalue weighted by molar-refractivity contribution is 5.99. The number of hydrogen-bond acceptors (Lipinski definition) is 6. The largest absolute Gasteiger partial charge is 0.490 e. The molecule has 0 unspecified atom stereocenters. The third-order valence-corrected chi connectivity index (χ3v) is 4.21. The van der Waals surface area contributed by atoms with Gasteiger partial charge in [-0.1, -0.05) is 0 Å². The van der Waals surface area contributed by atoms with Gasteiger partial charge in [0.1, 0.15) is 0 Å². The second-order valence-electron chi connectivity index (χ2n) is 6.66. The molecule has 0 aliphatic rings. The van der Waals surface area contributed by atoms with Crippen LogP contribution in [0.4, 0.5) is 16.2 Å². The Morgan fingerprint density at radius 3 is 2.06 bits per heavy atom. The molecular formula is C23H29N3O6. The van der Waals surface area contributed by atoms with Crippen molar-refractivity contribution < 1.29 is 28.6 Å². The molecule has 172 valence electrons. The fourth-order valence-electron chi connectivity index (χ4n) is 2.82. The number of carbonyl (C=O) groups is 3. The number of benzene rings is 2. The first-order chi connectivity index (χ1) is 15.4. The van der Waals surface area contributed by atoms with Gasteiger partial charge in [-0.3, -0.25) is 14.9 Å². The molecule has 3 amide bonds. The van der Waals surface area contributed by atoms with Gasteiger partial charge in [-0.25, -0.2) is 4.79 Å². The van der Waals surface area contributed by atoms with Gasteiger partial charge in [-0.2, -0.15) is 0 Å². The van der Waals surface area contributed by atoms with Crippen molar-refractivity contribution in [2.45, 2.75) is 20.8 Å². The van der Waals surface area contributed by atoms with Crippen molar-refractivity contribution in [3.8, 4) is 11.5 Å². The van der Waals surface area contributed by atoms with Gasteiger partial charge in [0, 0.05) is 30.1 Å². The van der Waals surface area contributed by atoms with E-state index in [1.165, 1.54) is 11.9 Å². The number of anilines is 2. The molecule has 0 aliphatic heterocycles. The number of nitrogens with one attached hydrogen (secondary N) is 2. The lowest BCUT2D eigenvalue weighted by molar-refractivity contribution is -0.116. The molecule has 32 heavy (non-hydrogen) atoms. The Balaban J connectivity index is 1.96. The van der Waals surface area contributed by atoms with E-state index in [4.69, 9.17) is 14.2 Å². The zero-order chi connectivity index (χ0) is 23.5. The Morgan fingerprint density at radius 2 is 1.44 bits per heavy atom. The number of amides is 3. The lowest BCUT2D eigenvalue weighted by Gasteiger charge is -2.18. The zero-order valence-electron chi connectivity index (χ0n) is 18.8. The van der Waals surface area contributed by atoms with Crippen LogP contribution < -0.4 is 20.1 Å². The van der Waals surface area contributed by atoms with Crippen LogP contribution in [-0.4, -0.2) is 56.2 Å². The van der Waals surface area contributed by atoms with Gasteiger partial charge >= 0.3 is 6.09 Å². The fourth-order valence-corrected chi connectivity index (χ4v) is 2.82. The van der Waals surface area contributed by atoms with Crippen molar-refractivity contribution >= 4 is 29.3 Å². The number of carbonyl (C=O) groups excluding carboxylic acids is 3. The molecule has 2 aromatic rings. The van der Waals surface area contributed by atoms with Crippen LogP contribution in [0.2, 0.25) is 0 Å². The summed E-state index contributed by atoms with van der Waals surface area (Å²) in [4.78, 5) is 37.8. The molecule has 0 saturated heterocycles. The maximum atomic E-state index is 12.6. The van der Waals surface area contributed by atoms with Crippen molar-refractivity contribution in [2.75, 3.05) is 44.0 Å². The van der Waals surface area contributed by atoms with E-state index in [2.05, 4.69) is 10.6 Å². The van der Waals surface area contributed by atoms with E-state index in [0.717, 1.165) is 0 Å². The van der Waals surface area contributed by atoms with Crippen LogP contribution in [0.3, 0.4) is 0 Å². The van der Waals surface area contributed by atoms with Crippen LogP contribution in [0.1, 0.15) is 31.1 Å². The molecule has 2 rings (SSSR count). The molecule has 0 spiro atoms. The Morgan fingerprint density at radius 1 is 0.812 bits per heavy atom. The molecule has 0 aromatic heterocycles. The van der Waals surface area contributed by atoms with Crippen molar-refractivity contribution in [3.63, 3.8) is 0 Å². The molecule has 9 heteroatoms. The number of ether oxygens (including phenoxy) is 3. The van der Waals surface area contributed by atoms with Crippen molar-refractivity contribution in [3.05, 3.63) is 48.0 Å². The van der Waals surface area contributed by atoms with E-state index in [9.17, 15) is 14.4 Å². The molecular weight excluding hydrogens is 414 g/mol. The summed E-state index contributed by atoms with van der Waals surface area (Å²) >= 11 is 0. The molecule has 0 saturated carbocycles. The number of hydrogen-bond donors (Lipinski definition) is 2. The topological polar surface area (TPSA) is 106 Å². The summed E-state index contributed by atoms with van der Waals surface area (Å²) in [5, 5.41) is 5.31.